The number of amides is 1. The average molecular weight is 416 g/mol. The van der Waals surface area contributed by atoms with Crippen molar-refractivity contribution in [2.24, 2.45) is 0 Å². The maximum Gasteiger partial charge on any atom is 0.269 e. The second-order valence-corrected chi connectivity index (χ2v) is 7.40. The zero-order valence-corrected chi connectivity index (χ0v) is 16.5. The average Bonchev–Trinajstić information content (AvgIpc) is 2.93. The van der Waals surface area contributed by atoms with Crippen LogP contribution in [0.5, 0.6) is 11.5 Å². The Balaban J connectivity index is 1.59. The highest BCUT2D eigenvalue weighted by atomic mass is 32.2. The van der Waals surface area contributed by atoms with E-state index in [0.29, 0.717) is 20.7 Å². The Morgan fingerprint density at radius 3 is 2.46 bits per heavy atom. The molecule has 9 heteroatoms. The Bertz CT molecular complexity index is 944. The van der Waals surface area contributed by atoms with Crippen molar-refractivity contribution in [3.63, 3.8) is 0 Å². The van der Waals surface area contributed by atoms with E-state index in [4.69, 9.17) is 21.7 Å². The monoisotopic (exact) mass is 416 g/mol. The van der Waals surface area contributed by atoms with Crippen LogP contribution in [0.4, 0.5) is 5.69 Å². The fraction of sp³-hybridized carbons (Fsp3) is 0.158. The maximum atomic E-state index is 12.2. The fourth-order valence-electron chi connectivity index (χ4n) is 2.39. The summed E-state index contributed by atoms with van der Waals surface area (Å²) in [5.74, 6) is 1.01. The lowest BCUT2D eigenvalue weighted by Gasteiger charge is -2.10. The number of carbonyl (C=O) groups is 1. The lowest BCUT2D eigenvalue weighted by Crippen LogP contribution is -2.22. The van der Waals surface area contributed by atoms with Gasteiger partial charge in [0.05, 0.1) is 9.83 Å². The van der Waals surface area contributed by atoms with Crippen LogP contribution in [0.2, 0.25) is 0 Å². The summed E-state index contributed by atoms with van der Waals surface area (Å²) in [5, 5.41) is 10.6. The number of benzene rings is 2. The van der Waals surface area contributed by atoms with Crippen LogP contribution in [0.3, 0.4) is 0 Å². The predicted octanol–water partition coefficient (Wildman–Crippen LogP) is 3.88. The van der Waals surface area contributed by atoms with Gasteiger partial charge >= 0.3 is 0 Å². The zero-order valence-electron chi connectivity index (χ0n) is 14.9. The van der Waals surface area contributed by atoms with Gasteiger partial charge in [-0.25, -0.2) is 0 Å². The van der Waals surface area contributed by atoms with Crippen LogP contribution in [0.15, 0.2) is 53.4 Å². The number of hydrogen-bond acceptors (Lipinski definition) is 7. The second-order valence-electron chi connectivity index (χ2n) is 5.73. The molecule has 1 aliphatic heterocycles. The summed E-state index contributed by atoms with van der Waals surface area (Å²) >= 11 is 6.40. The number of thiocarbonyl (C=S) groups is 1. The molecule has 1 saturated heterocycles. The molecule has 0 bridgehead atoms. The van der Waals surface area contributed by atoms with Gasteiger partial charge in [-0.1, -0.05) is 42.2 Å². The summed E-state index contributed by atoms with van der Waals surface area (Å²) in [6.07, 6.45) is 1.76. The molecule has 1 amide bonds. The molecule has 0 spiro atoms. The first-order valence-electron chi connectivity index (χ1n) is 8.26. The van der Waals surface area contributed by atoms with Gasteiger partial charge in [0, 0.05) is 24.7 Å². The fourth-order valence-corrected chi connectivity index (χ4v) is 3.56. The van der Waals surface area contributed by atoms with E-state index < -0.39 is 4.92 Å². The Hall–Kier alpha value is -2.91. The van der Waals surface area contributed by atoms with Crippen molar-refractivity contribution < 1.29 is 19.2 Å². The van der Waals surface area contributed by atoms with E-state index in [2.05, 4.69) is 0 Å². The van der Waals surface area contributed by atoms with Crippen molar-refractivity contribution in [1.29, 1.82) is 0 Å². The third-order valence-corrected chi connectivity index (χ3v) is 5.33. The van der Waals surface area contributed by atoms with E-state index in [1.807, 2.05) is 24.3 Å². The first kappa shape index (κ1) is 19.8. The molecule has 1 fully saturated rings. The maximum absolute atomic E-state index is 12.2. The molecule has 0 saturated carbocycles. The Labute approximate surface area is 171 Å². The van der Waals surface area contributed by atoms with Gasteiger partial charge in [0.2, 0.25) is 0 Å². The molecule has 0 radical (unpaired) electrons. The van der Waals surface area contributed by atoms with Crippen LogP contribution in [-0.2, 0) is 4.79 Å². The molecule has 1 aliphatic rings. The molecule has 2 aromatic carbocycles. The van der Waals surface area contributed by atoms with Crippen molar-refractivity contribution in [2.75, 3.05) is 20.3 Å². The minimum Gasteiger partial charge on any atom is -0.490 e. The van der Waals surface area contributed by atoms with Gasteiger partial charge in [-0.15, -0.1) is 0 Å². The third kappa shape index (κ3) is 4.68. The first-order chi connectivity index (χ1) is 13.5. The Morgan fingerprint density at radius 1 is 1.14 bits per heavy atom. The van der Waals surface area contributed by atoms with Crippen LogP contribution >= 0.6 is 24.0 Å². The van der Waals surface area contributed by atoms with Crippen molar-refractivity contribution in [2.45, 2.75) is 0 Å². The van der Waals surface area contributed by atoms with E-state index in [1.165, 1.54) is 28.8 Å². The molecule has 0 aromatic heterocycles. The van der Waals surface area contributed by atoms with Crippen LogP contribution < -0.4 is 9.47 Å². The molecule has 0 aliphatic carbocycles. The molecule has 0 N–H and O–H groups in total. The summed E-state index contributed by atoms with van der Waals surface area (Å²) in [7, 11) is 1.65. The number of rotatable bonds is 7. The lowest BCUT2D eigenvalue weighted by atomic mass is 10.2. The topological polar surface area (TPSA) is 81.9 Å². The number of likely N-dealkylation sites (N-methyl/N-ethyl adjacent to an activating group) is 1. The number of thioether (sulfide) groups is 1. The number of para-hydroxylation sites is 1. The number of carbonyl (C=O) groups excluding carboxylic acids is 1. The van der Waals surface area contributed by atoms with Crippen molar-refractivity contribution in [3.05, 3.63) is 69.1 Å². The highest BCUT2D eigenvalue weighted by Gasteiger charge is 2.28. The highest BCUT2D eigenvalue weighted by molar-refractivity contribution is 8.26. The molecule has 28 heavy (non-hydrogen) atoms. The standard InChI is InChI=1S/C19H16N2O5S2/c1-20-18(22)17(28-19(20)27)12-13-4-2-3-5-16(13)26-11-10-25-15-8-6-14(7-9-15)21(23)24/h2-9,12H,10-11H2,1H3/b17-12-. The van der Waals surface area contributed by atoms with E-state index in [9.17, 15) is 14.9 Å². The van der Waals surface area contributed by atoms with Crippen molar-refractivity contribution in [3.8, 4) is 11.5 Å². The third-order valence-electron chi connectivity index (χ3n) is 3.85. The molecule has 3 rings (SSSR count). The van der Waals surface area contributed by atoms with Gasteiger partial charge in [0.1, 0.15) is 29.0 Å². The quantitative estimate of drug-likeness (QED) is 0.223. The number of non-ortho nitro benzene ring substituents is 1. The van der Waals surface area contributed by atoms with Crippen molar-refractivity contribution >= 4 is 46.0 Å². The molecule has 1 heterocycles. The van der Waals surface area contributed by atoms with Gasteiger partial charge in [-0.3, -0.25) is 19.8 Å². The van der Waals surface area contributed by atoms with E-state index in [-0.39, 0.29) is 24.8 Å². The number of ether oxygens (including phenoxy) is 2. The Morgan fingerprint density at radius 2 is 1.82 bits per heavy atom. The zero-order chi connectivity index (χ0) is 20.1. The van der Waals surface area contributed by atoms with E-state index in [0.717, 1.165) is 5.56 Å². The van der Waals surface area contributed by atoms with Gasteiger partial charge < -0.3 is 9.47 Å². The van der Waals surface area contributed by atoms with Gasteiger partial charge in [0.15, 0.2) is 0 Å². The minimum absolute atomic E-state index is 0.00928. The summed E-state index contributed by atoms with van der Waals surface area (Å²) in [5.41, 5.74) is 0.779. The van der Waals surface area contributed by atoms with Crippen molar-refractivity contribution in [1.82, 2.24) is 4.90 Å². The summed E-state index contributed by atoms with van der Waals surface area (Å²) in [4.78, 5) is 24.3. The van der Waals surface area contributed by atoms with Crippen LogP contribution in [0.25, 0.3) is 6.08 Å². The molecule has 2 aromatic rings. The summed E-state index contributed by atoms with van der Waals surface area (Å²) in [6.45, 7) is 0.541. The number of nitro benzene ring substituents is 1. The van der Waals surface area contributed by atoms with Crippen LogP contribution in [0.1, 0.15) is 5.56 Å². The van der Waals surface area contributed by atoms with E-state index >= 15 is 0 Å². The summed E-state index contributed by atoms with van der Waals surface area (Å²) in [6, 6.07) is 13.2. The predicted molar refractivity (Wildman–Crippen MR) is 111 cm³/mol. The van der Waals surface area contributed by atoms with Crippen LogP contribution in [-0.4, -0.2) is 40.3 Å². The second kappa shape index (κ2) is 8.85. The van der Waals surface area contributed by atoms with Crippen LogP contribution in [0, 0.1) is 10.1 Å². The van der Waals surface area contributed by atoms with E-state index in [1.54, 1.807) is 25.3 Å². The molecule has 144 valence electrons. The summed E-state index contributed by atoms with van der Waals surface area (Å²) < 4.78 is 11.8. The molecule has 0 atom stereocenters. The highest BCUT2D eigenvalue weighted by Crippen LogP contribution is 2.33. The molecule has 7 nitrogen and oxygen atoms in total. The SMILES string of the molecule is CN1C(=O)/C(=C/c2ccccc2OCCOc2ccc([N+](=O)[O-])cc2)SC1=S. The smallest absolute Gasteiger partial charge is 0.269 e. The Kier molecular flexibility index (Phi) is 6.27. The number of nitro groups is 1. The van der Waals surface area contributed by atoms with Gasteiger partial charge in [0.25, 0.3) is 11.6 Å². The molecular formula is C19H16N2O5S2. The molecular weight excluding hydrogens is 400 g/mol. The van der Waals surface area contributed by atoms with Gasteiger partial charge in [-0.2, -0.15) is 0 Å². The number of nitrogens with zero attached hydrogens (tertiary/aromatic N) is 2. The first-order valence-corrected chi connectivity index (χ1v) is 9.49. The molecule has 0 unspecified atom stereocenters. The normalized spacial score (nSPS) is 15.2. The minimum atomic E-state index is -0.462. The largest absolute Gasteiger partial charge is 0.490 e. The lowest BCUT2D eigenvalue weighted by molar-refractivity contribution is -0.384. The van der Waals surface area contributed by atoms with Gasteiger partial charge in [-0.05, 0) is 24.3 Å². The number of hydrogen-bond donors (Lipinski definition) is 0.